The maximum atomic E-state index is 12.5. The van der Waals surface area contributed by atoms with Crippen LogP contribution in [-0.2, 0) is 10.2 Å². The number of rotatable bonds is 2. The molecule has 0 bridgehead atoms. The van der Waals surface area contributed by atoms with E-state index in [4.69, 9.17) is 0 Å². The van der Waals surface area contributed by atoms with Crippen LogP contribution in [0.3, 0.4) is 0 Å². The van der Waals surface area contributed by atoms with Gasteiger partial charge in [-0.05, 0) is 12.8 Å². The van der Waals surface area contributed by atoms with Crippen LogP contribution in [0.5, 0.6) is 0 Å². The fraction of sp³-hybridized carbons (Fsp3) is 1.00. The molecule has 0 aromatic heterocycles. The van der Waals surface area contributed by atoms with Crippen molar-refractivity contribution >= 4 is 10.2 Å². The lowest BCUT2D eigenvalue weighted by atomic mass is 9.88. The Kier molecular flexibility index (Phi) is 2.82. The standard InChI is InChI=1S/C7H10F4O2S/c8-7(9,10)6(3-1-2-4-6)5-14(11,12)13/h1-5H2. The zero-order chi connectivity index (χ0) is 11.0. The molecule has 2 nitrogen and oxygen atoms in total. The first-order chi connectivity index (χ1) is 6.16. The second-order valence-electron chi connectivity index (χ2n) is 3.67. The normalized spacial score (nSPS) is 22.6. The van der Waals surface area contributed by atoms with E-state index >= 15 is 0 Å². The van der Waals surface area contributed by atoms with Gasteiger partial charge >= 0.3 is 16.4 Å². The molecule has 1 aliphatic rings. The van der Waals surface area contributed by atoms with Crippen molar-refractivity contribution in [2.45, 2.75) is 31.9 Å². The molecular weight excluding hydrogens is 224 g/mol. The summed E-state index contributed by atoms with van der Waals surface area (Å²) in [6, 6.07) is 0. The minimum atomic E-state index is -5.07. The highest BCUT2D eigenvalue weighted by Crippen LogP contribution is 2.51. The smallest absolute Gasteiger partial charge is 0.195 e. The summed E-state index contributed by atoms with van der Waals surface area (Å²) in [6.45, 7) is 0. The largest absolute Gasteiger partial charge is 0.395 e. The van der Waals surface area contributed by atoms with E-state index in [-0.39, 0.29) is 12.8 Å². The highest BCUT2D eigenvalue weighted by molar-refractivity contribution is 7.86. The highest BCUT2D eigenvalue weighted by atomic mass is 32.3. The molecule has 0 unspecified atom stereocenters. The molecule has 0 heterocycles. The molecule has 14 heavy (non-hydrogen) atoms. The Morgan fingerprint density at radius 2 is 1.57 bits per heavy atom. The van der Waals surface area contributed by atoms with Gasteiger partial charge in [-0.1, -0.05) is 12.8 Å². The van der Waals surface area contributed by atoms with Crippen molar-refractivity contribution in [3.8, 4) is 0 Å². The SMILES string of the molecule is O=S(=O)(F)CC1(C(F)(F)F)CCCC1. The summed E-state index contributed by atoms with van der Waals surface area (Å²) < 4.78 is 70.4. The molecule has 0 amide bonds. The van der Waals surface area contributed by atoms with Gasteiger partial charge in [-0.25, -0.2) is 0 Å². The van der Waals surface area contributed by atoms with E-state index in [1.165, 1.54) is 0 Å². The summed E-state index contributed by atoms with van der Waals surface area (Å²) in [5.41, 5.74) is -2.35. The summed E-state index contributed by atoms with van der Waals surface area (Å²) in [7, 11) is -5.07. The summed E-state index contributed by atoms with van der Waals surface area (Å²) in [4.78, 5) is 0. The van der Waals surface area contributed by atoms with E-state index in [9.17, 15) is 25.5 Å². The average Bonchev–Trinajstić information content (AvgIpc) is 2.31. The molecule has 0 aromatic rings. The van der Waals surface area contributed by atoms with E-state index in [1.807, 2.05) is 0 Å². The van der Waals surface area contributed by atoms with Crippen LogP contribution in [0.4, 0.5) is 17.1 Å². The third kappa shape index (κ3) is 2.37. The Hall–Kier alpha value is -0.330. The van der Waals surface area contributed by atoms with Crippen LogP contribution in [0, 0.1) is 5.41 Å². The average molecular weight is 234 g/mol. The van der Waals surface area contributed by atoms with E-state index in [2.05, 4.69) is 0 Å². The maximum Gasteiger partial charge on any atom is 0.395 e. The lowest BCUT2D eigenvalue weighted by molar-refractivity contribution is -0.214. The second-order valence-corrected chi connectivity index (χ2v) is 5.03. The molecule has 1 rings (SSSR count). The van der Waals surface area contributed by atoms with Gasteiger partial charge in [0.2, 0.25) is 0 Å². The molecule has 0 saturated heterocycles. The fourth-order valence-electron chi connectivity index (χ4n) is 1.89. The molecule has 0 aliphatic heterocycles. The lowest BCUT2D eigenvalue weighted by Gasteiger charge is -2.29. The van der Waals surface area contributed by atoms with Gasteiger partial charge in [0, 0.05) is 0 Å². The zero-order valence-corrected chi connectivity index (χ0v) is 8.09. The van der Waals surface area contributed by atoms with E-state index in [0.717, 1.165) is 0 Å². The second kappa shape index (κ2) is 3.36. The van der Waals surface area contributed by atoms with E-state index < -0.39 is 27.6 Å². The maximum absolute atomic E-state index is 12.5. The first-order valence-corrected chi connectivity index (χ1v) is 5.71. The van der Waals surface area contributed by atoms with Crippen molar-refractivity contribution in [2.75, 3.05) is 5.75 Å². The van der Waals surface area contributed by atoms with Crippen LogP contribution < -0.4 is 0 Å². The third-order valence-electron chi connectivity index (χ3n) is 2.61. The Bertz CT molecular complexity index is 300. The Balaban J connectivity index is 2.95. The van der Waals surface area contributed by atoms with Crippen molar-refractivity contribution in [1.82, 2.24) is 0 Å². The van der Waals surface area contributed by atoms with Crippen LogP contribution in [0.25, 0.3) is 0 Å². The summed E-state index contributed by atoms with van der Waals surface area (Å²) in [6.07, 6.45) is -4.62. The molecule has 0 radical (unpaired) electrons. The number of alkyl halides is 3. The van der Waals surface area contributed by atoms with Gasteiger partial charge in [0.25, 0.3) is 0 Å². The monoisotopic (exact) mass is 234 g/mol. The van der Waals surface area contributed by atoms with E-state index in [0.29, 0.717) is 12.8 Å². The Morgan fingerprint density at radius 1 is 1.14 bits per heavy atom. The molecule has 1 saturated carbocycles. The predicted molar refractivity (Wildman–Crippen MR) is 41.9 cm³/mol. The van der Waals surface area contributed by atoms with Crippen LogP contribution >= 0.6 is 0 Å². The molecular formula is C7H10F4O2S. The van der Waals surface area contributed by atoms with Crippen LogP contribution in [-0.4, -0.2) is 20.3 Å². The van der Waals surface area contributed by atoms with Gasteiger partial charge in [0.1, 0.15) is 0 Å². The van der Waals surface area contributed by atoms with Crippen LogP contribution in [0.1, 0.15) is 25.7 Å². The number of halogens is 4. The van der Waals surface area contributed by atoms with Crippen molar-refractivity contribution in [3.63, 3.8) is 0 Å². The molecule has 1 fully saturated rings. The van der Waals surface area contributed by atoms with Gasteiger partial charge in [-0.3, -0.25) is 0 Å². The summed E-state index contributed by atoms with van der Waals surface area (Å²) in [5.74, 6) is -1.43. The topological polar surface area (TPSA) is 34.1 Å². The minimum Gasteiger partial charge on any atom is -0.195 e. The molecule has 0 aromatic carbocycles. The van der Waals surface area contributed by atoms with Gasteiger partial charge in [-0.15, -0.1) is 3.89 Å². The quantitative estimate of drug-likeness (QED) is 0.543. The molecule has 0 spiro atoms. The third-order valence-corrected chi connectivity index (χ3v) is 3.51. The molecule has 0 atom stereocenters. The fourth-order valence-corrected chi connectivity index (χ4v) is 3.00. The molecule has 1 aliphatic carbocycles. The van der Waals surface area contributed by atoms with Crippen molar-refractivity contribution < 1.29 is 25.5 Å². The first-order valence-electron chi connectivity index (χ1n) is 4.15. The lowest BCUT2D eigenvalue weighted by Crippen LogP contribution is -2.40. The van der Waals surface area contributed by atoms with Crippen molar-refractivity contribution in [2.24, 2.45) is 5.41 Å². The minimum absolute atomic E-state index is 0.292. The summed E-state index contributed by atoms with van der Waals surface area (Å²) in [5, 5.41) is 0. The first kappa shape index (κ1) is 11.7. The van der Waals surface area contributed by atoms with Gasteiger partial charge in [-0.2, -0.15) is 21.6 Å². The van der Waals surface area contributed by atoms with Gasteiger partial charge < -0.3 is 0 Å². The van der Waals surface area contributed by atoms with Crippen LogP contribution in [0.2, 0.25) is 0 Å². The van der Waals surface area contributed by atoms with Crippen LogP contribution in [0.15, 0.2) is 0 Å². The van der Waals surface area contributed by atoms with Gasteiger partial charge in [0.05, 0.1) is 11.2 Å². The summed E-state index contributed by atoms with van der Waals surface area (Å²) >= 11 is 0. The molecule has 84 valence electrons. The number of hydrogen-bond donors (Lipinski definition) is 0. The van der Waals surface area contributed by atoms with Crippen molar-refractivity contribution in [1.29, 1.82) is 0 Å². The molecule has 0 N–H and O–H groups in total. The Labute approximate surface area is 79.5 Å². The van der Waals surface area contributed by atoms with Crippen molar-refractivity contribution in [3.05, 3.63) is 0 Å². The number of hydrogen-bond acceptors (Lipinski definition) is 2. The predicted octanol–water partition coefficient (Wildman–Crippen LogP) is 2.41. The highest BCUT2D eigenvalue weighted by Gasteiger charge is 2.57. The zero-order valence-electron chi connectivity index (χ0n) is 7.27. The molecule has 7 heteroatoms. The Morgan fingerprint density at radius 3 is 1.86 bits per heavy atom. The van der Waals surface area contributed by atoms with Gasteiger partial charge in [0.15, 0.2) is 0 Å². The van der Waals surface area contributed by atoms with E-state index in [1.54, 1.807) is 0 Å².